The second-order valence-electron chi connectivity index (χ2n) is 18.7. The molecular weight excluding hydrogens is 723 g/mol. The zero-order chi connectivity index (χ0) is 41.0. The Morgan fingerprint density at radius 2 is 1.03 bits per heavy atom. The predicted octanol–water partition coefficient (Wildman–Crippen LogP) is 17.0. The standard InChI is InChI=1S/C59H55N/c1-58(2,3)43-37-38-44(40-21-8-6-9-22-40)55(39-43)60(54-36-17-14-28-47(54)49-32-20-34-52-57(49)50-29-12-15-33-51(50)59(52,4)5)53-35-16-13-27-46(53)48-31-19-26-42-25-18-30-45(56(42)48)41-23-10-7-11-24-41/h6,8-9,12-22,25-39,41H,7,10-11,23-24H2,1-5H3. The number of para-hydroxylation sites is 2. The van der Waals surface area contributed by atoms with Gasteiger partial charge >= 0.3 is 0 Å². The molecule has 8 aromatic carbocycles. The summed E-state index contributed by atoms with van der Waals surface area (Å²) in [6, 6.07) is 66.5. The molecule has 0 aliphatic heterocycles. The van der Waals surface area contributed by atoms with Crippen LogP contribution >= 0.6 is 0 Å². The highest BCUT2D eigenvalue weighted by atomic mass is 15.2. The molecule has 0 aromatic heterocycles. The lowest BCUT2D eigenvalue weighted by Gasteiger charge is -2.33. The van der Waals surface area contributed by atoms with Crippen LogP contribution in [0.15, 0.2) is 176 Å². The van der Waals surface area contributed by atoms with Gasteiger partial charge in [0.15, 0.2) is 0 Å². The average molecular weight is 778 g/mol. The first-order chi connectivity index (χ1) is 29.2. The number of fused-ring (bicyclic) bond motifs is 4. The van der Waals surface area contributed by atoms with E-state index in [2.05, 4.69) is 215 Å². The Morgan fingerprint density at radius 3 is 1.75 bits per heavy atom. The number of hydrogen-bond donors (Lipinski definition) is 0. The van der Waals surface area contributed by atoms with E-state index in [1.165, 1.54) is 121 Å². The number of hydrogen-bond acceptors (Lipinski definition) is 1. The molecule has 0 saturated heterocycles. The summed E-state index contributed by atoms with van der Waals surface area (Å²) in [5, 5.41) is 2.72. The zero-order valence-electron chi connectivity index (χ0n) is 35.8. The van der Waals surface area contributed by atoms with Crippen molar-refractivity contribution in [2.45, 2.75) is 83.5 Å². The molecule has 0 heterocycles. The van der Waals surface area contributed by atoms with E-state index < -0.39 is 0 Å². The van der Waals surface area contributed by atoms with Crippen molar-refractivity contribution >= 4 is 27.8 Å². The Morgan fingerprint density at radius 1 is 0.467 bits per heavy atom. The maximum Gasteiger partial charge on any atom is 0.0543 e. The Kier molecular flexibility index (Phi) is 9.60. The maximum atomic E-state index is 2.61. The van der Waals surface area contributed by atoms with Crippen LogP contribution in [0.2, 0.25) is 0 Å². The van der Waals surface area contributed by atoms with Gasteiger partial charge in [-0.1, -0.05) is 212 Å². The van der Waals surface area contributed by atoms with E-state index in [0.29, 0.717) is 5.92 Å². The Hall–Kier alpha value is -6.18. The van der Waals surface area contributed by atoms with Crippen LogP contribution < -0.4 is 4.90 Å². The molecule has 1 heteroatoms. The fraction of sp³-hybridized carbons (Fsp3) is 0.220. The Labute approximate surface area is 357 Å². The minimum Gasteiger partial charge on any atom is -0.309 e. The molecule has 1 saturated carbocycles. The van der Waals surface area contributed by atoms with Gasteiger partial charge in [-0.3, -0.25) is 0 Å². The number of rotatable bonds is 7. The first kappa shape index (κ1) is 38.0. The molecule has 0 N–H and O–H groups in total. The van der Waals surface area contributed by atoms with E-state index in [4.69, 9.17) is 0 Å². The van der Waals surface area contributed by atoms with Gasteiger partial charge in [-0.25, -0.2) is 0 Å². The van der Waals surface area contributed by atoms with Crippen molar-refractivity contribution in [3.05, 3.63) is 198 Å². The van der Waals surface area contributed by atoms with Crippen molar-refractivity contribution in [2.75, 3.05) is 4.90 Å². The SMILES string of the molecule is CC(C)(C)c1ccc(-c2ccccc2)c(N(c2ccccc2-c2cccc3c2-c2ccccc2C3(C)C)c2ccccc2-c2cccc3cccc(C4CCCCC4)c23)c1. The van der Waals surface area contributed by atoms with Gasteiger partial charge in [0.05, 0.1) is 17.1 Å². The average Bonchev–Trinajstić information content (AvgIpc) is 3.52. The van der Waals surface area contributed by atoms with Gasteiger partial charge in [0, 0.05) is 22.1 Å². The van der Waals surface area contributed by atoms with Gasteiger partial charge in [-0.15, -0.1) is 0 Å². The minimum absolute atomic E-state index is 0.0608. The van der Waals surface area contributed by atoms with E-state index >= 15 is 0 Å². The fourth-order valence-electron chi connectivity index (χ4n) is 10.6. The Bertz CT molecular complexity index is 2860. The first-order valence-corrected chi connectivity index (χ1v) is 22.1. The summed E-state index contributed by atoms with van der Waals surface area (Å²) in [6.07, 6.45) is 6.48. The van der Waals surface area contributed by atoms with Gasteiger partial charge < -0.3 is 4.90 Å². The quantitative estimate of drug-likeness (QED) is 0.156. The molecule has 0 spiro atoms. The van der Waals surface area contributed by atoms with Crippen LogP contribution in [0.5, 0.6) is 0 Å². The maximum absolute atomic E-state index is 2.61. The highest BCUT2D eigenvalue weighted by molar-refractivity contribution is 6.06. The summed E-state index contributed by atoms with van der Waals surface area (Å²) in [7, 11) is 0. The first-order valence-electron chi connectivity index (χ1n) is 22.1. The molecule has 296 valence electrons. The fourth-order valence-corrected chi connectivity index (χ4v) is 10.6. The van der Waals surface area contributed by atoms with Crippen molar-refractivity contribution in [1.29, 1.82) is 0 Å². The smallest absolute Gasteiger partial charge is 0.0543 e. The molecule has 1 nitrogen and oxygen atoms in total. The molecule has 2 aliphatic rings. The van der Waals surface area contributed by atoms with Crippen molar-refractivity contribution in [2.24, 2.45) is 0 Å². The third-order valence-electron chi connectivity index (χ3n) is 13.6. The molecule has 60 heavy (non-hydrogen) atoms. The largest absolute Gasteiger partial charge is 0.309 e. The Balaban J connectivity index is 1.30. The summed E-state index contributed by atoms with van der Waals surface area (Å²) in [5.41, 5.74) is 19.0. The molecule has 10 rings (SSSR count). The number of anilines is 3. The number of benzene rings is 8. The topological polar surface area (TPSA) is 3.24 Å². The zero-order valence-corrected chi connectivity index (χ0v) is 35.8. The monoisotopic (exact) mass is 777 g/mol. The lowest BCUT2D eigenvalue weighted by Crippen LogP contribution is -2.17. The molecule has 2 aliphatic carbocycles. The van der Waals surface area contributed by atoms with Crippen LogP contribution in [0.3, 0.4) is 0 Å². The lowest BCUT2D eigenvalue weighted by molar-refractivity contribution is 0.445. The second-order valence-corrected chi connectivity index (χ2v) is 18.7. The van der Waals surface area contributed by atoms with Crippen molar-refractivity contribution in [1.82, 2.24) is 0 Å². The third kappa shape index (κ3) is 6.47. The summed E-state index contributed by atoms with van der Waals surface area (Å²) in [5.74, 6) is 0.577. The van der Waals surface area contributed by atoms with Crippen LogP contribution in [0.4, 0.5) is 17.1 Å². The van der Waals surface area contributed by atoms with Crippen molar-refractivity contribution < 1.29 is 0 Å². The molecule has 0 amide bonds. The van der Waals surface area contributed by atoms with Crippen LogP contribution in [-0.2, 0) is 10.8 Å². The molecule has 8 aromatic rings. The van der Waals surface area contributed by atoms with Gasteiger partial charge in [0.1, 0.15) is 0 Å². The van der Waals surface area contributed by atoms with E-state index in [9.17, 15) is 0 Å². The third-order valence-corrected chi connectivity index (χ3v) is 13.6. The molecule has 0 unspecified atom stereocenters. The lowest BCUT2D eigenvalue weighted by atomic mass is 9.80. The predicted molar refractivity (Wildman–Crippen MR) is 257 cm³/mol. The van der Waals surface area contributed by atoms with Crippen LogP contribution in [0.25, 0.3) is 55.3 Å². The van der Waals surface area contributed by atoms with Crippen molar-refractivity contribution in [3.8, 4) is 44.5 Å². The molecule has 0 atom stereocenters. The van der Waals surface area contributed by atoms with Gasteiger partial charge in [0.2, 0.25) is 0 Å². The normalized spacial score (nSPS) is 14.8. The molecule has 1 fully saturated rings. The molecular formula is C59H55N. The molecule has 0 bridgehead atoms. The summed E-state index contributed by atoms with van der Waals surface area (Å²) < 4.78 is 0. The van der Waals surface area contributed by atoms with E-state index in [0.717, 1.165) is 5.69 Å². The van der Waals surface area contributed by atoms with E-state index in [-0.39, 0.29) is 10.8 Å². The number of nitrogens with zero attached hydrogens (tertiary/aromatic N) is 1. The summed E-state index contributed by atoms with van der Waals surface area (Å²) in [6.45, 7) is 11.7. The van der Waals surface area contributed by atoms with Gasteiger partial charge in [-0.2, -0.15) is 0 Å². The van der Waals surface area contributed by atoms with E-state index in [1.54, 1.807) is 0 Å². The second kappa shape index (κ2) is 15.1. The van der Waals surface area contributed by atoms with Gasteiger partial charge in [-0.05, 0) is 103 Å². The summed E-state index contributed by atoms with van der Waals surface area (Å²) >= 11 is 0. The summed E-state index contributed by atoms with van der Waals surface area (Å²) in [4.78, 5) is 2.61. The van der Waals surface area contributed by atoms with E-state index in [1.807, 2.05) is 0 Å². The highest BCUT2D eigenvalue weighted by Crippen LogP contribution is 2.55. The highest BCUT2D eigenvalue weighted by Gasteiger charge is 2.37. The molecule has 0 radical (unpaired) electrons. The van der Waals surface area contributed by atoms with Crippen molar-refractivity contribution in [3.63, 3.8) is 0 Å². The van der Waals surface area contributed by atoms with Crippen LogP contribution in [-0.4, -0.2) is 0 Å². The van der Waals surface area contributed by atoms with Crippen LogP contribution in [0.1, 0.15) is 94.9 Å². The minimum atomic E-state index is -0.102. The van der Waals surface area contributed by atoms with Gasteiger partial charge in [0.25, 0.3) is 0 Å². The van der Waals surface area contributed by atoms with Crippen LogP contribution in [0, 0.1) is 0 Å².